The Balaban J connectivity index is 2.30. The van der Waals surface area contributed by atoms with E-state index in [1.807, 2.05) is 0 Å². The number of carbonyl (C=O) groups is 1. The number of aromatic nitrogens is 1. The average Bonchev–Trinajstić information content (AvgIpc) is 2.34. The molecule has 0 radical (unpaired) electrons. The Morgan fingerprint density at radius 1 is 1.39 bits per heavy atom. The van der Waals surface area contributed by atoms with Crippen molar-refractivity contribution in [1.29, 1.82) is 0 Å². The topological polar surface area (TPSA) is 59.4 Å². The Kier molecular flexibility index (Phi) is 3.23. The molecule has 4 nitrogen and oxygen atoms in total. The molecule has 5 heteroatoms. The van der Waals surface area contributed by atoms with Crippen LogP contribution in [-0.4, -0.2) is 16.1 Å². The fraction of sp³-hybridized carbons (Fsp3) is 0.0769. The third-order valence-corrected chi connectivity index (χ3v) is 2.35. The van der Waals surface area contributed by atoms with Crippen LogP contribution in [0.5, 0.6) is 11.6 Å². The van der Waals surface area contributed by atoms with Crippen LogP contribution in [0.1, 0.15) is 15.9 Å². The summed E-state index contributed by atoms with van der Waals surface area (Å²) in [4.78, 5) is 14.5. The number of carboxylic acid groups (broad SMARTS) is 1. The van der Waals surface area contributed by atoms with Crippen molar-refractivity contribution in [3.63, 3.8) is 0 Å². The minimum Gasteiger partial charge on any atom is -0.478 e. The van der Waals surface area contributed by atoms with E-state index in [4.69, 9.17) is 9.84 Å². The molecule has 0 saturated heterocycles. The maximum absolute atomic E-state index is 13.3. The van der Waals surface area contributed by atoms with E-state index in [-0.39, 0.29) is 11.4 Å². The molecule has 0 aliphatic carbocycles. The van der Waals surface area contributed by atoms with Gasteiger partial charge in [0.05, 0.1) is 5.56 Å². The number of benzene rings is 1. The molecule has 0 amide bonds. The minimum absolute atomic E-state index is 0.135. The molecule has 1 N–H and O–H groups in total. The minimum atomic E-state index is -1.02. The SMILES string of the molecule is Cc1cc(C(=O)O)ccc1Oc1ncccc1F. The summed E-state index contributed by atoms with van der Waals surface area (Å²) in [6.45, 7) is 1.68. The summed E-state index contributed by atoms with van der Waals surface area (Å²) in [5.41, 5.74) is 0.751. The van der Waals surface area contributed by atoms with Gasteiger partial charge in [0.1, 0.15) is 5.75 Å². The van der Waals surface area contributed by atoms with Crippen molar-refractivity contribution in [1.82, 2.24) is 4.98 Å². The molecule has 92 valence electrons. The van der Waals surface area contributed by atoms with Gasteiger partial charge in [0.15, 0.2) is 5.82 Å². The number of aromatic carboxylic acids is 1. The van der Waals surface area contributed by atoms with Gasteiger partial charge in [-0.05, 0) is 42.8 Å². The molecule has 0 aliphatic heterocycles. The molecular formula is C13H10FNO3. The zero-order valence-corrected chi connectivity index (χ0v) is 9.55. The summed E-state index contributed by atoms with van der Waals surface area (Å²) >= 11 is 0. The number of carboxylic acids is 1. The van der Waals surface area contributed by atoms with E-state index in [1.165, 1.54) is 36.5 Å². The van der Waals surface area contributed by atoms with Gasteiger partial charge in [0, 0.05) is 6.20 Å². The van der Waals surface area contributed by atoms with Crippen molar-refractivity contribution in [2.45, 2.75) is 6.92 Å². The number of aryl methyl sites for hydroxylation is 1. The summed E-state index contributed by atoms with van der Waals surface area (Å²) in [5, 5.41) is 8.82. The molecule has 0 bridgehead atoms. The van der Waals surface area contributed by atoms with Crippen molar-refractivity contribution >= 4 is 5.97 Å². The van der Waals surface area contributed by atoms with Crippen molar-refractivity contribution in [2.75, 3.05) is 0 Å². The largest absolute Gasteiger partial charge is 0.478 e. The molecule has 2 aromatic rings. The zero-order chi connectivity index (χ0) is 13.1. The molecule has 0 aliphatic rings. The Morgan fingerprint density at radius 3 is 2.78 bits per heavy atom. The number of halogens is 1. The molecule has 0 spiro atoms. The fourth-order valence-corrected chi connectivity index (χ4v) is 1.45. The Bertz CT molecular complexity index is 599. The van der Waals surface area contributed by atoms with E-state index in [0.29, 0.717) is 11.3 Å². The highest BCUT2D eigenvalue weighted by atomic mass is 19.1. The predicted molar refractivity (Wildman–Crippen MR) is 62.4 cm³/mol. The Labute approximate surface area is 103 Å². The van der Waals surface area contributed by atoms with Crippen LogP contribution < -0.4 is 4.74 Å². The van der Waals surface area contributed by atoms with Crippen LogP contribution in [0.3, 0.4) is 0 Å². The number of pyridine rings is 1. The molecule has 0 unspecified atom stereocenters. The second-order valence-corrected chi connectivity index (χ2v) is 3.68. The van der Waals surface area contributed by atoms with E-state index in [2.05, 4.69) is 4.98 Å². The van der Waals surface area contributed by atoms with Gasteiger partial charge < -0.3 is 9.84 Å². The highest BCUT2D eigenvalue weighted by Crippen LogP contribution is 2.25. The lowest BCUT2D eigenvalue weighted by atomic mass is 10.1. The first-order chi connectivity index (χ1) is 8.58. The smallest absolute Gasteiger partial charge is 0.335 e. The van der Waals surface area contributed by atoms with Crippen LogP contribution in [0.25, 0.3) is 0 Å². The van der Waals surface area contributed by atoms with E-state index >= 15 is 0 Å². The van der Waals surface area contributed by atoms with E-state index < -0.39 is 11.8 Å². The number of nitrogens with zero attached hydrogens (tertiary/aromatic N) is 1. The second-order valence-electron chi connectivity index (χ2n) is 3.68. The van der Waals surface area contributed by atoms with Crippen molar-refractivity contribution in [3.8, 4) is 11.6 Å². The summed E-state index contributed by atoms with van der Waals surface area (Å²) in [7, 11) is 0. The maximum Gasteiger partial charge on any atom is 0.335 e. The standard InChI is InChI=1S/C13H10FNO3/c1-8-7-9(13(16)17)4-5-11(8)18-12-10(14)3-2-6-15-12/h2-7H,1H3,(H,16,17). The maximum atomic E-state index is 13.3. The summed E-state index contributed by atoms with van der Waals surface area (Å²) in [5.74, 6) is -1.35. The molecule has 1 heterocycles. The average molecular weight is 247 g/mol. The van der Waals surface area contributed by atoms with Crippen LogP contribution in [0.2, 0.25) is 0 Å². The number of rotatable bonds is 3. The second kappa shape index (κ2) is 4.83. The molecule has 0 fully saturated rings. The lowest BCUT2D eigenvalue weighted by Gasteiger charge is -2.08. The summed E-state index contributed by atoms with van der Waals surface area (Å²) < 4.78 is 18.6. The Hall–Kier alpha value is -2.43. The van der Waals surface area contributed by atoms with Crippen LogP contribution in [0.15, 0.2) is 36.5 Å². The van der Waals surface area contributed by atoms with Crippen molar-refractivity contribution in [2.24, 2.45) is 0 Å². The molecule has 0 atom stereocenters. The number of ether oxygens (including phenoxy) is 1. The van der Waals surface area contributed by atoms with Gasteiger partial charge in [-0.3, -0.25) is 0 Å². The summed E-state index contributed by atoms with van der Waals surface area (Å²) in [6, 6.07) is 7.03. The monoisotopic (exact) mass is 247 g/mol. The molecule has 0 saturated carbocycles. The summed E-state index contributed by atoms with van der Waals surface area (Å²) in [6.07, 6.45) is 1.42. The molecule has 1 aromatic heterocycles. The van der Waals surface area contributed by atoms with Crippen LogP contribution in [-0.2, 0) is 0 Å². The lowest BCUT2D eigenvalue weighted by Crippen LogP contribution is -1.98. The zero-order valence-electron chi connectivity index (χ0n) is 9.55. The van der Waals surface area contributed by atoms with Crippen LogP contribution in [0, 0.1) is 12.7 Å². The third-order valence-electron chi connectivity index (χ3n) is 2.35. The van der Waals surface area contributed by atoms with Gasteiger partial charge in [0.2, 0.25) is 0 Å². The van der Waals surface area contributed by atoms with E-state index in [0.717, 1.165) is 0 Å². The molecular weight excluding hydrogens is 237 g/mol. The molecule has 18 heavy (non-hydrogen) atoms. The van der Waals surface area contributed by atoms with E-state index in [1.54, 1.807) is 6.92 Å². The van der Waals surface area contributed by atoms with Gasteiger partial charge in [-0.25, -0.2) is 14.2 Å². The van der Waals surface area contributed by atoms with Gasteiger partial charge in [-0.2, -0.15) is 0 Å². The van der Waals surface area contributed by atoms with Crippen molar-refractivity contribution < 1.29 is 19.0 Å². The van der Waals surface area contributed by atoms with Crippen molar-refractivity contribution in [3.05, 3.63) is 53.5 Å². The highest BCUT2D eigenvalue weighted by Gasteiger charge is 2.10. The van der Waals surface area contributed by atoms with Crippen LogP contribution in [0.4, 0.5) is 4.39 Å². The normalized spacial score (nSPS) is 10.1. The van der Waals surface area contributed by atoms with Gasteiger partial charge in [-0.15, -0.1) is 0 Å². The van der Waals surface area contributed by atoms with Gasteiger partial charge >= 0.3 is 5.97 Å². The lowest BCUT2D eigenvalue weighted by molar-refractivity contribution is 0.0697. The van der Waals surface area contributed by atoms with Gasteiger partial charge in [0.25, 0.3) is 5.88 Å². The number of hydrogen-bond acceptors (Lipinski definition) is 3. The number of hydrogen-bond donors (Lipinski definition) is 1. The first-order valence-electron chi connectivity index (χ1n) is 5.20. The third kappa shape index (κ3) is 2.45. The predicted octanol–water partition coefficient (Wildman–Crippen LogP) is 3.02. The molecule has 2 rings (SSSR count). The molecule has 1 aromatic carbocycles. The Morgan fingerprint density at radius 2 is 2.17 bits per heavy atom. The quantitative estimate of drug-likeness (QED) is 0.905. The highest BCUT2D eigenvalue weighted by molar-refractivity contribution is 5.88. The first-order valence-corrected chi connectivity index (χ1v) is 5.20. The first kappa shape index (κ1) is 12.0. The van der Waals surface area contributed by atoms with Gasteiger partial charge in [-0.1, -0.05) is 0 Å². The van der Waals surface area contributed by atoms with E-state index in [9.17, 15) is 9.18 Å². The fourth-order valence-electron chi connectivity index (χ4n) is 1.45. The van der Waals surface area contributed by atoms with Crippen LogP contribution >= 0.6 is 0 Å².